The molecule has 0 amide bonds. The number of para-hydroxylation sites is 1. The van der Waals surface area contributed by atoms with Crippen molar-refractivity contribution in [3.05, 3.63) is 74.5 Å². The van der Waals surface area contributed by atoms with Gasteiger partial charge in [0.05, 0.1) is 27.8 Å². The van der Waals surface area contributed by atoms with Crippen LogP contribution in [0.25, 0.3) is 16.9 Å². The minimum Gasteiger partial charge on any atom is -0.488 e. The number of benzene rings is 2. The minimum absolute atomic E-state index is 0.161. The van der Waals surface area contributed by atoms with Crippen molar-refractivity contribution in [3.63, 3.8) is 0 Å². The maximum Gasteiger partial charge on any atom is 0.301 e. The van der Waals surface area contributed by atoms with E-state index in [9.17, 15) is 20.2 Å². The van der Waals surface area contributed by atoms with Crippen LogP contribution in [0.15, 0.2) is 48.7 Å². The summed E-state index contributed by atoms with van der Waals surface area (Å²) in [7, 11) is 0. The number of rotatable bonds is 3. The number of nitro groups is 2. The first-order valence-electron chi connectivity index (χ1n) is 7.28. The quantitative estimate of drug-likeness (QED) is 0.535. The van der Waals surface area contributed by atoms with Crippen LogP contribution < -0.4 is 4.74 Å². The molecule has 9 heteroatoms. The molecular formula is C16H10N4O5. The minimum atomic E-state index is -0.668. The molecule has 1 aromatic heterocycles. The fourth-order valence-corrected chi connectivity index (χ4v) is 2.85. The Morgan fingerprint density at radius 3 is 2.64 bits per heavy atom. The molecule has 0 atom stereocenters. The SMILES string of the molecule is O=[N+]([O-])c1ccc(-n2ncc3c2-c2ccccc2OC3)c([N+](=O)[O-])c1. The molecule has 1 aliphatic heterocycles. The molecule has 9 nitrogen and oxygen atoms in total. The van der Waals surface area contributed by atoms with E-state index in [4.69, 9.17) is 4.74 Å². The molecule has 2 aromatic carbocycles. The van der Waals surface area contributed by atoms with E-state index >= 15 is 0 Å². The summed E-state index contributed by atoms with van der Waals surface area (Å²) in [4.78, 5) is 21.0. The van der Waals surface area contributed by atoms with E-state index in [1.165, 1.54) is 16.8 Å². The Balaban J connectivity index is 1.96. The molecule has 124 valence electrons. The van der Waals surface area contributed by atoms with Gasteiger partial charge in [0.2, 0.25) is 0 Å². The molecule has 1 aliphatic rings. The molecule has 25 heavy (non-hydrogen) atoms. The van der Waals surface area contributed by atoms with E-state index in [-0.39, 0.29) is 17.1 Å². The summed E-state index contributed by atoms with van der Waals surface area (Å²) in [5.74, 6) is 0.654. The van der Waals surface area contributed by atoms with Gasteiger partial charge in [-0.2, -0.15) is 5.10 Å². The van der Waals surface area contributed by atoms with E-state index < -0.39 is 9.85 Å². The second-order valence-corrected chi connectivity index (χ2v) is 5.40. The highest BCUT2D eigenvalue weighted by Crippen LogP contribution is 2.40. The van der Waals surface area contributed by atoms with Crippen LogP contribution in [-0.4, -0.2) is 19.6 Å². The van der Waals surface area contributed by atoms with Gasteiger partial charge in [-0.3, -0.25) is 20.2 Å². The van der Waals surface area contributed by atoms with Gasteiger partial charge in [0.25, 0.3) is 5.69 Å². The smallest absolute Gasteiger partial charge is 0.301 e. The molecule has 0 fully saturated rings. The van der Waals surface area contributed by atoms with Gasteiger partial charge in [-0.15, -0.1) is 0 Å². The van der Waals surface area contributed by atoms with Crippen molar-refractivity contribution in [2.45, 2.75) is 6.61 Å². The van der Waals surface area contributed by atoms with Crippen molar-refractivity contribution < 1.29 is 14.6 Å². The average molecular weight is 338 g/mol. The number of fused-ring (bicyclic) bond motifs is 3. The first-order chi connectivity index (χ1) is 12.1. The third-order valence-corrected chi connectivity index (χ3v) is 3.97. The zero-order valence-corrected chi connectivity index (χ0v) is 12.7. The van der Waals surface area contributed by atoms with Crippen molar-refractivity contribution in [2.24, 2.45) is 0 Å². The first kappa shape index (κ1) is 14.8. The molecule has 0 radical (unpaired) electrons. The van der Waals surface area contributed by atoms with Crippen LogP contribution in [0.1, 0.15) is 5.56 Å². The van der Waals surface area contributed by atoms with Crippen LogP contribution in [0.5, 0.6) is 5.75 Å². The molecular weight excluding hydrogens is 328 g/mol. The molecule has 2 heterocycles. The van der Waals surface area contributed by atoms with Crippen LogP contribution in [-0.2, 0) is 6.61 Å². The summed E-state index contributed by atoms with van der Waals surface area (Å²) in [5, 5.41) is 26.6. The number of hydrogen-bond acceptors (Lipinski definition) is 6. The highest BCUT2D eigenvalue weighted by Gasteiger charge is 2.27. The van der Waals surface area contributed by atoms with Gasteiger partial charge < -0.3 is 4.74 Å². The number of nitrogens with zero attached hydrogens (tertiary/aromatic N) is 4. The highest BCUT2D eigenvalue weighted by molar-refractivity contribution is 5.75. The fourth-order valence-electron chi connectivity index (χ4n) is 2.85. The fraction of sp³-hybridized carbons (Fsp3) is 0.0625. The van der Waals surface area contributed by atoms with Crippen molar-refractivity contribution >= 4 is 11.4 Å². The largest absolute Gasteiger partial charge is 0.488 e. The number of ether oxygens (including phenoxy) is 1. The van der Waals surface area contributed by atoms with E-state index in [0.717, 1.165) is 17.2 Å². The Labute approximate surface area is 140 Å². The van der Waals surface area contributed by atoms with Crippen molar-refractivity contribution in [2.75, 3.05) is 0 Å². The first-order valence-corrected chi connectivity index (χ1v) is 7.28. The van der Waals surface area contributed by atoms with Gasteiger partial charge in [-0.05, 0) is 18.2 Å². The summed E-state index contributed by atoms with van der Waals surface area (Å²) < 4.78 is 7.08. The number of hydrogen-bond donors (Lipinski definition) is 0. The average Bonchev–Trinajstić information content (AvgIpc) is 3.05. The molecule has 3 aromatic rings. The molecule has 0 saturated carbocycles. The Bertz CT molecular complexity index is 1030. The Morgan fingerprint density at radius 1 is 1.08 bits per heavy atom. The van der Waals surface area contributed by atoms with Crippen molar-refractivity contribution in [1.82, 2.24) is 9.78 Å². The van der Waals surface area contributed by atoms with Gasteiger partial charge in [-0.25, -0.2) is 4.68 Å². The second-order valence-electron chi connectivity index (χ2n) is 5.40. The number of non-ortho nitro benzene ring substituents is 1. The zero-order chi connectivity index (χ0) is 17.6. The van der Waals surface area contributed by atoms with Crippen molar-refractivity contribution in [1.29, 1.82) is 0 Å². The van der Waals surface area contributed by atoms with Crippen LogP contribution in [0.3, 0.4) is 0 Å². The third-order valence-electron chi connectivity index (χ3n) is 3.97. The Kier molecular flexibility index (Phi) is 3.21. The molecule has 0 bridgehead atoms. The normalized spacial score (nSPS) is 12.0. The summed E-state index contributed by atoms with van der Waals surface area (Å²) in [6, 6.07) is 10.8. The van der Waals surface area contributed by atoms with Gasteiger partial charge in [0, 0.05) is 17.2 Å². The highest BCUT2D eigenvalue weighted by atomic mass is 16.6. The monoisotopic (exact) mass is 338 g/mol. The van der Waals surface area contributed by atoms with Gasteiger partial charge in [-0.1, -0.05) is 12.1 Å². The van der Waals surface area contributed by atoms with E-state index in [1.807, 2.05) is 18.2 Å². The lowest BCUT2D eigenvalue weighted by Crippen LogP contribution is -2.09. The predicted molar refractivity (Wildman–Crippen MR) is 86.6 cm³/mol. The summed E-state index contributed by atoms with van der Waals surface area (Å²) in [6.45, 7) is 0.299. The molecule has 0 saturated heterocycles. The summed E-state index contributed by atoms with van der Waals surface area (Å²) >= 11 is 0. The van der Waals surface area contributed by atoms with Crippen molar-refractivity contribution in [3.8, 4) is 22.7 Å². The molecule has 0 N–H and O–H groups in total. The molecule has 0 spiro atoms. The Morgan fingerprint density at radius 2 is 1.88 bits per heavy atom. The number of aromatic nitrogens is 2. The van der Waals surface area contributed by atoms with E-state index in [0.29, 0.717) is 18.1 Å². The topological polar surface area (TPSA) is 113 Å². The lowest BCUT2D eigenvalue weighted by Gasteiger charge is -2.19. The standard InChI is InChI=1S/C16H10N4O5/c21-19(22)11-5-6-13(14(7-11)20(23)24)18-16-10(8-17-18)9-25-15-4-2-1-3-12(15)16/h1-8H,9H2. The summed E-state index contributed by atoms with van der Waals surface area (Å²) in [6.07, 6.45) is 1.58. The van der Waals surface area contributed by atoms with Gasteiger partial charge >= 0.3 is 5.69 Å². The maximum atomic E-state index is 11.4. The van der Waals surface area contributed by atoms with Crippen LogP contribution in [0.4, 0.5) is 11.4 Å². The molecule has 0 aliphatic carbocycles. The zero-order valence-electron chi connectivity index (χ0n) is 12.7. The van der Waals surface area contributed by atoms with Crippen LogP contribution in [0.2, 0.25) is 0 Å². The number of nitro benzene ring substituents is 2. The predicted octanol–water partition coefficient (Wildman–Crippen LogP) is 3.25. The summed E-state index contributed by atoms with van der Waals surface area (Å²) in [5.41, 5.74) is 1.65. The second kappa shape index (κ2) is 5.41. The third kappa shape index (κ3) is 2.29. The van der Waals surface area contributed by atoms with Gasteiger partial charge in [0.15, 0.2) is 0 Å². The Hall–Kier alpha value is -3.75. The van der Waals surface area contributed by atoms with Gasteiger partial charge in [0.1, 0.15) is 18.0 Å². The lowest BCUT2D eigenvalue weighted by atomic mass is 10.0. The molecule has 4 rings (SSSR count). The lowest BCUT2D eigenvalue weighted by molar-refractivity contribution is -0.394. The van der Waals surface area contributed by atoms with E-state index in [1.54, 1.807) is 12.3 Å². The molecule has 0 unspecified atom stereocenters. The van der Waals surface area contributed by atoms with Crippen LogP contribution in [0, 0.1) is 20.2 Å². The van der Waals surface area contributed by atoms with Crippen LogP contribution >= 0.6 is 0 Å². The maximum absolute atomic E-state index is 11.4. The van der Waals surface area contributed by atoms with E-state index in [2.05, 4.69) is 5.10 Å².